The van der Waals surface area contributed by atoms with Crippen LogP contribution in [0.4, 0.5) is 0 Å². The summed E-state index contributed by atoms with van der Waals surface area (Å²) in [7, 11) is 0. The van der Waals surface area contributed by atoms with E-state index in [2.05, 4.69) is 17.4 Å². The molecule has 0 atom stereocenters. The molecule has 4 rings (SSSR count). The zero-order chi connectivity index (χ0) is 19.2. The van der Waals surface area contributed by atoms with E-state index in [9.17, 15) is 4.79 Å². The summed E-state index contributed by atoms with van der Waals surface area (Å²) in [5.41, 5.74) is 0. The van der Waals surface area contributed by atoms with E-state index in [4.69, 9.17) is 9.47 Å². The van der Waals surface area contributed by atoms with Crippen LogP contribution in [0.5, 0.6) is 11.5 Å². The number of hydrogen-bond acceptors (Lipinski definition) is 3. The lowest BCUT2D eigenvalue weighted by Crippen LogP contribution is -2.32. The normalized spacial score (nSPS) is 10.7. The maximum Gasteiger partial charge on any atom is 0.258 e. The van der Waals surface area contributed by atoms with Crippen molar-refractivity contribution in [2.45, 2.75) is 0 Å². The fraction of sp³-hybridized carbons (Fsp3) is 0.125. The second-order valence-corrected chi connectivity index (χ2v) is 6.44. The predicted octanol–water partition coefficient (Wildman–Crippen LogP) is 4.57. The minimum atomic E-state index is -0.172. The molecule has 0 aliphatic heterocycles. The van der Waals surface area contributed by atoms with Crippen molar-refractivity contribution in [3.8, 4) is 11.5 Å². The van der Waals surface area contributed by atoms with Gasteiger partial charge in [0.25, 0.3) is 5.91 Å². The van der Waals surface area contributed by atoms with E-state index < -0.39 is 0 Å². The molecule has 4 aromatic carbocycles. The Morgan fingerprint density at radius 1 is 0.679 bits per heavy atom. The van der Waals surface area contributed by atoms with Crippen molar-refractivity contribution < 1.29 is 14.3 Å². The van der Waals surface area contributed by atoms with Gasteiger partial charge in [0, 0.05) is 10.8 Å². The van der Waals surface area contributed by atoms with Crippen LogP contribution in [-0.4, -0.2) is 25.7 Å². The van der Waals surface area contributed by atoms with E-state index in [1.165, 1.54) is 0 Å². The first-order chi connectivity index (χ1) is 13.8. The van der Waals surface area contributed by atoms with E-state index in [1.54, 1.807) is 0 Å². The molecular formula is C24H21NO3. The summed E-state index contributed by atoms with van der Waals surface area (Å²) in [5.74, 6) is 1.36. The van der Waals surface area contributed by atoms with Crippen molar-refractivity contribution >= 4 is 27.5 Å². The van der Waals surface area contributed by atoms with Crippen LogP contribution in [0.3, 0.4) is 0 Å². The van der Waals surface area contributed by atoms with E-state index in [0.717, 1.165) is 27.3 Å². The number of benzene rings is 4. The van der Waals surface area contributed by atoms with Gasteiger partial charge in [-0.05, 0) is 22.9 Å². The van der Waals surface area contributed by atoms with Crippen LogP contribution in [0, 0.1) is 0 Å². The van der Waals surface area contributed by atoms with Gasteiger partial charge < -0.3 is 14.8 Å². The van der Waals surface area contributed by atoms with Crippen LogP contribution in [0.25, 0.3) is 21.5 Å². The number of ether oxygens (including phenoxy) is 2. The molecule has 4 heteroatoms. The summed E-state index contributed by atoms with van der Waals surface area (Å²) in [6, 6.07) is 27.8. The molecule has 140 valence electrons. The Morgan fingerprint density at radius 3 is 1.86 bits per heavy atom. The number of fused-ring (bicyclic) bond motifs is 2. The van der Waals surface area contributed by atoms with Crippen LogP contribution < -0.4 is 14.8 Å². The molecule has 4 nitrogen and oxygen atoms in total. The number of nitrogens with one attached hydrogen (secondary N) is 1. The minimum Gasteiger partial charge on any atom is -0.491 e. The highest BCUT2D eigenvalue weighted by molar-refractivity contribution is 5.89. The fourth-order valence-electron chi connectivity index (χ4n) is 3.19. The molecular weight excluding hydrogens is 350 g/mol. The number of carbonyl (C=O) groups is 1. The molecule has 1 N–H and O–H groups in total. The molecule has 0 saturated heterocycles. The molecule has 1 amide bonds. The van der Waals surface area contributed by atoms with Gasteiger partial charge in [0.15, 0.2) is 6.61 Å². The maximum atomic E-state index is 12.1. The molecule has 0 radical (unpaired) electrons. The van der Waals surface area contributed by atoms with Crippen molar-refractivity contribution in [2.24, 2.45) is 0 Å². The van der Waals surface area contributed by atoms with Crippen molar-refractivity contribution in [1.82, 2.24) is 5.32 Å². The number of hydrogen-bond donors (Lipinski definition) is 1. The maximum absolute atomic E-state index is 12.1. The summed E-state index contributed by atoms with van der Waals surface area (Å²) >= 11 is 0. The van der Waals surface area contributed by atoms with Crippen molar-refractivity contribution in [3.63, 3.8) is 0 Å². The Hall–Kier alpha value is -3.53. The molecule has 0 saturated carbocycles. The van der Waals surface area contributed by atoms with Gasteiger partial charge in [-0.15, -0.1) is 0 Å². The second kappa shape index (κ2) is 8.44. The number of rotatable bonds is 7. The average molecular weight is 371 g/mol. The molecule has 0 fully saturated rings. The lowest BCUT2D eigenvalue weighted by Gasteiger charge is -2.11. The van der Waals surface area contributed by atoms with Crippen LogP contribution >= 0.6 is 0 Å². The number of carbonyl (C=O) groups excluding carboxylic acids is 1. The summed E-state index contributed by atoms with van der Waals surface area (Å²) in [4.78, 5) is 12.1. The second-order valence-electron chi connectivity index (χ2n) is 6.44. The third-order valence-electron chi connectivity index (χ3n) is 4.54. The predicted molar refractivity (Wildman–Crippen MR) is 112 cm³/mol. The number of amides is 1. The van der Waals surface area contributed by atoms with E-state index in [0.29, 0.717) is 18.9 Å². The summed E-state index contributed by atoms with van der Waals surface area (Å²) in [6.07, 6.45) is 0. The smallest absolute Gasteiger partial charge is 0.258 e. The molecule has 0 unspecified atom stereocenters. The highest BCUT2D eigenvalue weighted by atomic mass is 16.5. The molecule has 0 aliphatic carbocycles. The van der Waals surface area contributed by atoms with E-state index in [1.807, 2.05) is 72.8 Å². The van der Waals surface area contributed by atoms with Gasteiger partial charge in [0.1, 0.15) is 18.1 Å². The third kappa shape index (κ3) is 4.07. The Balaban J connectivity index is 1.27. The topological polar surface area (TPSA) is 47.6 Å². The summed E-state index contributed by atoms with van der Waals surface area (Å²) in [5, 5.41) is 7.11. The Morgan fingerprint density at radius 2 is 1.21 bits per heavy atom. The van der Waals surface area contributed by atoms with Crippen molar-refractivity contribution in [3.05, 3.63) is 84.9 Å². The van der Waals surface area contributed by atoms with E-state index in [-0.39, 0.29) is 12.5 Å². The Labute approximate surface area is 163 Å². The Kier molecular flexibility index (Phi) is 5.38. The monoisotopic (exact) mass is 371 g/mol. The van der Waals surface area contributed by atoms with E-state index >= 15 is 0 Å². The fourth-order valence-corrected chi connectivity index (χ4v) is 3.19. The van der Waals surface area contributed by atoms with Crippen LogP contribution in [0.2, 0.25) is 0 Å². The minimum absolute atomic E-state index is 0.0255. The zero-order valence-corrected chi connectivity index (χ0v) is 15.4. The largest absolute Gasteiger partial charge is 0.491 e. The summed E-state index contributed by atoms with van der Waals surface area (Å²) in [6.45, 7) is 0.789. The third-order valence-corrected chi connectivity index (χ3v) is 4.54. The molecule has 4 aromatic rings. The SMILES string of the molecule is O=C(COc1cccc2ccccc12)NCCOc1cccc2ccccc12. The molecule has 28 heavy (non-hydrogen) atoms. The lowest BCUT2D eigenvalue weighted by molar-refractivity contribution is -0.123. The quantitative estimate of drug-likeness (QED) is 0.484. The van der Waals surface area contributed by atoms with Crippen LogP contribution in [0.1, 0.15) is 0 Å². The van der Waals surface area contributed by atoms with Gasteiger partial charge in [-0.25, -0.2) is 0 Å². The average Bonchev–Trinajstić information content (AvgIpc) is 2.75. The highest BCUT2D eigenvalue weighted by Crippen LogP contribution is 2.25. The van der Waals surface area contributed by atoms with Gasteiger partial charge in [0.05, 0.1) is 6.54 Å². The summed E-state index contributed by atoms with van der Waals surface area (Å²) < 4.78 is 11.5. The molecule has 0 aromatic heterocycles. The van der Waals surface area contributed by atoms with Gasteiger partial charge in [-0.3, -0.25) is 4.79 Å². The van der Waals surface area contributed by atoms with Gasteiger partial charge in [0.2, 0.25) is 0 Å². The van der Waals surface area contributed by atoms with Gasteiger partial charge in [-0.2, -0.15) is 0 Å². The first-order valence-electron chi connectivity index (χ1n) is 9.29. The zero-order valence-electron chi connectivity index (χ0n) is 15.4. The van der Waals surface area contributed by atoms with Gasteiger partial charge in [-0.1, -0.05) is 72.8 Å². The first kappa shape index (κ1) is 17.9. The standard InChI is InChI=1S/C24H21NO3/c26-24(17-28-23-14-6-10-19-8-2-4-12-21(19)23)25-15-16-27-22-13-5-9-18-7-1-3-11-20(18)22/h1-14H,15-17H2,(H,25,26). The van der Waals surface area contributed by atoms with Gasteiger partial charge >= 0.3 is 0 Å². The first-order valence-corrected chi connectivity index (χ1v) is 9.29. The lowest BCUT2D eigenvalue weighted by atomic mass is 10.1. The van der Waals surface area contributed by atoms with Crippen LogP contribution in [-0.2, 0) is 4.79 Å². The van der Waals surface area contributed by atoms with Crippen molar-refractivity contribution in [1.29, 1.82) is 0 Å². The van der Waals surface area contributed by atoms with Crippen molar-refractivity contribution in [2.75, 3.05) is 19.8 Å². The molecule has 0 heterocycles. The molecule has 0 aliphatic rings. The van der Waals surface area contributed by atoms with Crippen LogP contribution in [0.15, 0.2) is 84.9 Å². The Bertz CT molecular complexity index is 1100. The molecule has 0 spiro atoms. The highest BCUT2D eigenvalue weighted by Gasteiger charge is 2.06. The molecule has 0 bridgehead atoms.